The molecule has 0 aliphatic carbocycles. The van der Waals surface area contributed by atoms with Crippen molar-refractivity contribution < 1.29 is 9.53 Å². The van der Waals surface area contributed by atoms with E-state index < -0.39 is 0 Å². The molecule has 0 spiro atoms. The van der Waals surface area contributed by atoms with Crippen molar-refractivity contribution in [1.82, 2.24) is 4.98 Å². The van der Waals surface area contributed by atoms with E-state index in [1.165, 1.54) is 0 Å². The van der Waals surface area contributed by atoms with Gasteiger partial charge in [0.15, 0.2) is 0 Å². The van der Waals surface area contributed by atoms with Crippen LogP contribution in [0.4, 0.5) is 0 Å². The quantitative estimate of drug-likeness (QED) is 0.596. The Morgan fingerprint density at radius 1 is 1.00 bits per heavy atom. The van der Waals surface area contributed by atoms with E-state index in [2.05, 4.69) is 24.3 Å². The van der Waals surface area contributed by atoms with Crippen LogP contribution in [0.3, 0.4) is 0 Å². The Bertz CT molecular complexity index is 740. The third-order valence-corrected chi connectivity index (χ3v) is 4.77. The van der Waals surface area contributed by atoms with E-state index in [-0.39, 0.29) is 5.97 Å². The van der Waals surface area contributed by atoms with Gasteiger partial charge in [-0.2, -0.15) is 0 Å². The van der Waals surface area contributed by atoms with Gasteiger partial charge in [-0.25, -0.2) is 4.98 Å². The number of thiazole rings is 1. The third-order valence-electron chi connectivity index (χ3n) is 3.60. The summed E-state index contributed by atoms with van der Waals surface area (Å²) in [5.41, 5.74) is 3.22. The lowest BCUT2D eigenvalue weighted by Gasteiger charge is -2.02. The van der Waals surface area contributed by atoms with Gasteiger partial charge in [-0.05, 0) is 12.5 Å². The predicted octanol–water partition coefficient (Wildman–Crippen LogP) is 4.97. The number of hydrogen-bond donors (Lipinski definition) is 0. The minimum atomic E-state index is -0.171. The Labute approximate surface area is 146 Å². The second-order valence-electron chi connectivity index (χ2n) is 5.32. The van der Waals surface area contributed by atoms with E-state index in [1.807, 2.05) is 43.3 Å². The van der Waals surface area contributed by atoms with Crippen molar-refractivity contribution >= 4 is 17.3 Å². The Morgan fingerprint density at radius 2 is 1.62 bits per heavy atom. The molecule has 122 valence electrons. The van der Waals surface area contributed by atoms with Crippen molar-refractivity contribution in [3.05, 3.63) is 65.7 Å². The molecular formula is C20H19NO2S. The molecule has 0 unspecified atom stereocenters. The smallest absolute Gasteiger partial charge is 0.306 e. The first-order valence-corrected chi connectivity index (χ1v) is 8.85. The van der Waals surface area contributed by atoms with E-state index in [0.717, 1.165) is 26.7 Å². The number of aryl methyl sites for hydroxylation is 1. The van der Waals surface area contributed by atoms with E-state index in [1.54, 1.807) is 11.3 Å². The van der Waals surface area contributed by atoms with E-state index >= 15 is 0 Å². The average Bonchev–Trinajstić information content (AvgIpc) is 3.06. The molecule has 1 heterocycles. The Balaban J connectivity index is 1.93. The maximum absolute atomic E-state index is 11.6. The second kappa shape index (κ2) is 7.88. The monoisotopic (exact) mass is 337 g/mol. The van der Waals surface area contributed by atoms with Gasteiger partial charge in [0.25, 0.3) is 0 Å². The highest BCUT2D eigenvalue weighted by molar-refractivity contribution is 7.15. The van der Waals surface area contributed by atoms with Gasteiger partial charge in [-0.15, -0.1) is 11.3 Å². The Hall–Kier alpha value is -2.46. The maximum atomic E-state index is 11.6. The minimum Gasteiger partial charge on any atom is -0.466 e. The van der Waals surface area contributed by atoms with Crippen molar-refractivity contribution in [1.29, 1.82) is 0 Å². The summed E-state index contributed by atoms with van der Waals surface area (Å²) in [5, 5.41) is 0.959. The molecule has 3 aromatic rings. The molecule has 0 bridgehead atoms. The van der Waals surface area contributed by atoms with Gasteiger partial charge in [0.2, 0.25) is 0 Å². The molecule has 0 saturated heterocycles. The number of esters is 1. The number of benzene rings is 2. The van der Waals surface area contributed by atoms with Gasteiger partial charge < -0.3 is 4.74 Å². The van der Waals surface area contributed by atoms with Gasteiger partial charge >= 0.3 is 5.97 Å². The van der Waals surface area contributed by atoms with Crippen LogP contribution >= 0.6 is 11.3 Å². The molecule has 0 atom stereocenters. The SMILES string of the molecule is CCOC(=O)CCc1nc(-c2ccccc2)c(-c2ccccc2)s1. The Kier molecular flexibility index (Phi) is 5.39. The van der Waals surface area contributed by atoms with Gasteiger partial charge in [-0.3, -0.25) is 4.79 Å². The summed E-state index contributed by atoms with van der Waals surface area (Å²) >= 11 is 1.65. The molecule has 3 rings (SSSR count). The lowest BCUT2D eigenvalue weighted by atomic mass is 10.1. The zero-order chi connectivity index (χ0) is 16.8. The summed E-state index contributed by atoms with van der Waals surface area (Å²) in [6, 6.07) is 20.4. The molecule has 0 aliphatic heterocycles. The average molecular weight is 337 g/mol. The lowest BCUT2D eigenvalue weighted by Crippen LogP contribution is -2.04. The topological polar surface area (TPSA) is 39.2 Å². The largest absolute Gasteiger partial charge is 0.466 e. The van der Waals surface area contributed by atoms with E-state index in [4.69, 9.17) is 9.72 Å². The van der Waals surface area contributed by atoms with Crippen LogP contribution in [0.25, 0.3) is 21.7 Å². The third kappa shape index (κ3) is 3.89. The van der Waals surface area contributed by atoms with Crippen LogP contribution in [-0.4, -0.2) is 17.6 Å². The molecule has 0 fully saturated rings. The van der Waals surface area contributed by atoms with Crippen LogP contribution in [-0.2, 0) is 16.0 Å². The molecule has 0 amide bonds. The van der Waals surface area contributed by atoms with Crippen LogP contribution in [0.5, 0.6) is 0 Å². The van der Waals surface area contributed by atoms with Crippen molar-refractivity contribution in [3.8, 4) is 21.7 Å². The van der Waals surface area contributed by atoms with Crippen LogP contribution in [0.2, 0.25) is 0 Å². The first-order valence-electron chi connectivity index (χ1n) is 8.04. The molecule has 0 saturated carbocycles. The highest BCUT2D eigenvalue weighted by Crippen LogP contribution is 2.37. The molecule has 3 nitrogen and oxygen atoms in total. The standard InChI is InChI=1S/C20H19NO2S/c1-2-23-18(22)14-13-17-21-19(15-9-5-3-6-10-15)20(24-17)16-11-7-4-8-12-16/h3-12H,2,13-14H2,1H3. The fraction of sp³-hybridized carbons (Fsp3) is 0.200. The summed E-state index contributed by atoms with van der Waals surface area (Å²) in [4.78, 5) is 17.5. The zero-order valence-corrected chi connectivity index (χ0v) is 14.4. The molecule has 24 heavy (non-hydrogen) atoms. The number of hydrogen-bond acceptors (Lipinski definition) is 4. The summed E-state index contributed by atoms with van der Waals surface area (Å²) in [6.45, 7) is 2.24. The first kappa shape index (κ1) is 16.4. The highest BCUT2D eigenvalue weighted by atomic mass is 32.1. The van der Waals surface area contributed by atoms with Gasteiger partial charge in [0, 0.05) is 12.0 Å². The van der Waals surface area contributed by atoms with Crippen LogP contribution < -0.4 is 0 Å². The van der Waals surface area contributed by atoms with Crippen molar-refractivity contribution in [2.45, 2.75) is 19.8 Å². The molecule has 0 aliphatic rings. The van der Waals surface area contributed by atoms with Gasteiger partial charge in [0.1, 0.15) is 0 Å². The molecular weight excluding hydrogens is 318 g/mol. The summed E-state index contributed by atoms with van der Waals surface area (Å²) < 4.78 is 5.01. The van der Waals surface area contributed by atoms with Crippen molar-refractivity contribution in [2.24, 2.45) is 0 Å². The van der Waals surface area contributed by atoms with Crippen LogP contribution in [0.1, 0.15) is 18.4 Å². The second-order valence-corrected chi connectivity index (χ2v) is 6.41. The molecule has 2 aromatic carbocycles. The van der Waals surface area contributed by atoms with Crippen LogP contribution in [0, 0.1) is 0 Å². The molecule has 0 radical (unpaired) electrons. The minimum absolute atomic E-state index is 0.171. The fourth-order valence-electron chi connectivity index (χ4n) is 2.49. The van der Waals surface area contributed by atoms with Gasteiger partial charge in [0.05, 0.1) is 28.6 Å². The zero-order valence-electron chi connectivity index (χ0n) is 13.6. The molecule has 0 N–H and O–H groups in total. The number of carbonyl (C=O) groups excluding carboxylic acids is 1. The summed E-state index contributed by atoms with van der Waals surface area (Å²) in [7, 11) is 0. The summed E-state index contributed by atoms with van der Waals surface area (Å²) in [6.07, 6.45) is 0.972. The van der Waals surface area contributed by atoms with Crippen molar-refractivity contribution in [2.75, 3.05) is 6.61 Å². The first-order chi connectivity index (χ1) is 11.8. The molecule has 1 aromatic heterocycles. The van der Waals surface area contributed by atoms with E-state index in [0.29, 0.717) is 19.4 Å². The number of ether oxygens (including phenoxy) is 1. The number of carbonyl (C=O) groups is 1. The van der Waals surface area contributed by atoms with E-state index in [9.17, 15) is 4.79 Å². The van der Waals surface area contributed by atoms with Crippen LogP contribution in [0.15, 0.2) is 60.7 Å². The number of aromatic nitrogens is 1. The lowest BCUT2D eigenvalue weighted by molar-refractivity contribution is -0.143. The normalized spacial score (nSPS) is 10.5. The number of nitrogens with zero attached hydrogens (tertiary/aromatic N) is 1. The molecule has 4 heteroatoms. The Morgan fingerprint density at radius 3 is 2.25 bits per heavy atom. The van der Waals surface area contributed by atoms with Gasteiger partial charge in [-0.1, -0.05) is 60.7 Å². The summed E-state index contributed by atoms with van der Waals surface area (Å²) in [5.74, 6) is -0.171. The fourth-order valence-corrected chi connectivity index (χ4v) is 3.58. The van der Waals surface area contributed by atoms with Crippen molar-refractivity contribution in [3.63, 3.8) is 0 Å². The highest BCUT2D eigenvalue weighted by Gasteiger charge is 2.15. The maximum Gasteiger partial charge on any atom is 0.306 e. The number of rotatable bonds is 6. The predicted molar refractivity (Wildman–Crippen MR) is 97.9 cm³/mol.